The summed E-state index contributed by atoms with van der Waals surface area (Å²) < 4.78 is 264. The van der Waals surface area contributed by atoms with Crippen LogP contribution in [0.1, 0.15) is 164 Å². The van der Waals surface area contributed by atoms with E-state index in [-0.39, 0.29) is 19.4 Å². The van der Waals surface area contributed by atoms with Gasteiger partial charge in [0.1, 0.15) is 70.5 Å². The van der Waals surface area contributed by atoms with Crippen LogP contribution in [0.15, 0.2) is 30.3 Å². The van der Waals surface area contributed by atoms with Gasteiger partial charge in [0.05, 0.1) is 26.4 Å². The van der Waals surface area contributed by atoms with Gasteiger partial charge in [-0.1, -0.05) is 30.3 Å². The van der Waals surface area contributed by atoms with Gasteiger partial charge in [-0.25, -0.2) is 0 Å². The number of ether oxygens (including phenoxy) is 25. The lowest BCUT2D eigenvalue weighted by atomic mass is 9.98. The lowest BCUT2D eigenvalue weighted by molar-refractivity contribution is -0.309. The SMILES string of the molecule is [2H]CC(=O)OC[C@H]1OC(OCCN(CCOC2O[C@H](COC(=O)C[2H])[C@@H](OC(=O)C[2H])[C@H](OC(=O)C[2H])[C@@H]2OC(=O)C[2H])C(=O)CN(CC(=O)N(CCOC2O[C@H](COC(=O)C[2H])[C@@H](OC(=O)C[2H])[C@H](OC(=O)C[2H])[C@@H]2OC(=O)C[2H])CCOC2O[C@H](COC(=O)C[2H])[C@@H](OC(=O)C[2H])[C@H](OC(=O)C[2H])[C@@H]2OC(=O)C[2H])C(=O)CCCCC(=O)OCc2ccccc2)[C@@H](OC(=O)C[2H])[C@@H](OC(=O)C[2H])[C@@H]1OC(=O)C[2H]. The third kappa shape index (κ3) is 37.9. The van der Waals surface area contributed by atoms with E-state index in [1.54, 1.807) is 30.3 Å². The zero-order chi connectivity index (χ0) is 107. The second-order valence-electron chi connectivity index (χ2n) is 27.2. The number of benzene rings is 1. The molecule has 0 N–H and O–H groups in total. The van der Waals surface area contributed by atoms with Crippen LogP contribution in [0.2, 0.25) is 0 Å². The van der Waals surface area contributed by atoms with E-state index in [1.807, 2.05) is 0 Å². The molecule has 3 amide bonds. The quantitative estimate of drug-likeness (QED) is 0.0437. The molecule has 0 bridgehead atoms. The van der Waals surface area contributed by atoms with Gasteiger partial charge in [-0.3, -0.25) is 95.9 Å². The van der Waals surface area contributed by atoms with Crippen molar-refractivity contribution in [1.82, 2.24) is 14.7 Å². The average Bonchev–Trinajstić information content (AvgIpc) is 0.795. The number of amides is 3. The van der Waals surface area contributed by atoms with E-state index in [2.05, 4.69) is 0 Å². The predicted molar refractivity (Wildman–Crippen MR) is 416 cm³/mol. The zero-order valence-electron chi connectivity index (χ0n) is 85.4. The molecular formula is C81H111N3O45. The van der Waals surface area contributed by atoms with E-state index in [0.29, 0.717) is 20.3 Å². The Kier molecular flexibility index (Phi) is 35.2. The molecule has 0 aromatic heterocycles. The molecule has 0 radical (unpaired) electrons. The Bertz CT molecular complexity index is 3980. The first kappa shape index (κ1) is 84.2. The molecule has 48 nitrogen and oxygen atoms in total. The number of hydrogen-bond donors (Lipinski definition) is 0. The van der Waals surface area contributed by atoms with Crippen LogP contribution in [-0.4, -0.2) is 349 Å². The molecule has 129 heavy (non-hydrogen) atoms. The molecule has 5 rings (SSSR count). The van der Waals surface area contributed by atoms with Gasteiger partial charge in [0.25, 0.3) is 0 Å². The number of hydrogen-bond acceptors (Lipinski definition) is 45. The Morgan fingerprint density at radius 2 is 0.504 bits per heavy atom. The van der Waals surface area contributed by atoms with E-state index >= 15 is 14.4 Å². The molecule has 4 heterocycles. The molecule has 0 saturated carbocycles. The van der Waals surface area contributed by atoms with Gasteiger partial charge in [0, 0.05) is 171 Å². The topological polar surface area (TPSA) is 582 Å². The molecule has 1 aromatic carbocycles. The summed E-state index contributed by atoms with van der Waals surface area (Å²) in [6.07, 6.45) is -44.4. The fourth-order valence-electron chi connectivity index (χ4n) is 12.8. The van der Waals surface area contributed by atoms with Gasteiger partial charge in [-0.05, 0) is 18.4 Å². The van der Waals surface area contributed by atoms with E-state index in [1.165, 1.54) is 0 Å². The lowest BCUT2D eigenvalue weighted by Gasteiger charge is -2.44. The van der Waals surface area contributed by atoms with Crippen LogP contribution in [0.4, 0.5) is 0 Å². The molecule has 720 valence electrons. The van der Waals surface area contributed by atoms with Crippen molar-refractivity contribution in [3.8, 4) is 0 Å². The minimum Gasteiger partial charge on any atom is -0.463 e. The third-order valence-electron chi connectivity index (χ3n) is 17.8. The first-order chi connectivity index (χ1) is 69.4. The highest BCUT2D eigenvalue weighted by Crippen LogP contribution is 2.35. The van der Waals surface area contributed by atoms with Crippen LogP contribution in [-0.2, 0) is 221 Å². The minimum absolute atomic E-state index is 0.190. The highest BCUT2D eigenvalue weighted by molar-refractivity contribution is 5.89. The van der Waals surface area contributed by atoms with Crippen LogP contribution < -0.4 is 0 Å². The standard InChI is InChI=1S/C81H111N3O45/c1-41(85)109-37-58-66(114-45(5)89)70(118-49(9)93)74(122-53(13)97)78(126-58)105-30-26-82(27-31-106-79-75(123-54(14)98)71(119-50(10)94)67(115-46(6)90)59(127-79)38-110-42(2)86)63(102)34-84(62(101)24-20-21-25-65(104)113-36-57-22-18-17-19-23-57)35-64(103)83(28-32-107-80-76(124-55(15)99)72(120-51(11)95)68(116-47(7)91)60(128-80)39-111-43(3)87)29-33-108-81-77(125-56(16)100)73(121-52(12)96)69(117-48(8)92)61(129-81)40-112-44(4)88/h17-19,22-23,58-61,66-81H,20-21,24-40H2,1-16H3/t58-,59-,60-,61-,66-,67-,68-,69-,70+,71+,72+,73+,74+,75+,76+,77+,78?,79?,80?,81?/m1/s1/i1D,2D,3D,4D,5D,6D,7D,8D,9D,10D,11D,12D,13D,14D,15D,16D. The number of unbranched alkanes of at least 4 members (excludes halogenated alkanes) is 1. The molecule has 48 heteroatoms. The smallest absolute Gasteiger partial charge is 0.306 e. The number of carbonyl (C=O) groups excluding carboxylic acids is 20. The van der Waals surface area contributed by atoms with Crippen LogP contribution in [0.25, 0.3) is 0 Å². The lowest BCUT2D eigenvalue weighted by Crippen LogP contribution is -2.63. The minimum atomic E-state index is -2.25. The number of carbonyl (C=O) groups is 20. The second-order valence-corrected chi connectivity index (χ2v) is 27.2. The maximum absolute atomic E-state index is 15.9. The van der Waals surface area contributed by atoms with Gasteiger partial charge >= 0.3 is 101 Å². The summed E-state index contributed by atoms with van der Waals surface area (Å²) in [7, 11) is 0. The van der Waals surface area contributed by atoms with Crippen LogP contribution in [0.5, 0.6) is 0 Å². The van der Waals surface area contributed by atoms with Crippen molar-refractivity contribution in [3.05, 3.63) is 35.9 Å². The van der Waals surface area contributed by atoms with Gasteiger partial charge in [0.2, 0.25) is 17.7 Å². The molecule has 4 aliphatic heterocycles. The van der Waals surface area contributed by atoms with Gasteiger partial charge < -0.3 is 133 Å². The average molecular weight is 1860 g/mol. The first-order valence-electron chi connectivity index (χ1n) is 49.5. The Morgan fingerprint density at radius 3 is 0.752 bits per heavy atom. The van der Waals surface area contributed by atoms with Crippen LogP contribution >= 0.6 is 0 Å². The van der Waals surface area contributed by atoms with Gasteiger partial charge in [-0.15, -0.1) is 0 Å². The van der Waals surface area contributed by atoms with E-state index in [4.69, 9.17) is 140 Å². The fourth-order valence-corrected chi connectivity index (χ4v) is 12.8. The molecule has 0 aliphatic carbocycles. The number of esters is 17. The summed E-state index contributed by atoms with van der Waals surface area (Å²) in [5.74, 6) is -26.9. The van der Waals surface area contributed by atoms with E-state index in [9.17, 15) is 81.5 Å². The fraction of sp³-hybridized carbons (Fsp3) is 0.679. The van der Waals surface area contributed by atoms with E-state index in [0.717, 1.165) is 0 Å². The largest absolute Gasteiger partial charge is 0.463 e. The summed E-state index contributed by atoms with van der Waals surface area (Å²) in [6, 6.07) is 8.28. The third-order valence-corrected chi connectivity index (χ3v) is 17.8. The molecule has 1 aromatic rings. The Hall–Kier alpha value is -11.7. The highest BCUT2D eigenvalue weighted by Gasteiger charge is 2.58. The molecule has 4 saturated heterocycles. The molecular weight excluding hydrogens is 1730 g/mol. The number of nitrogens with zero attached hydrogens (tertiary/aromatic N) is 3. The summed E-state index contributed by atoms with van der Waals surface area (Å²) in [6.45, 7) is -33.8. The molecule has 0 spiro atoms. The molecule has 4 unspecified atom stereocenters. The molecule has 20 atom stereocenters. The summed E-state index contributed by atoms with van der Waals surface area (Å²) in [4.78, 5) is 270. The normalized spacial score (nSPS) is 26.6. The maximum Gasteiger partial charge on any atom is 0.306 e. The summed E-state index contributed by atoms with van der Waals surface area (Å²) >= 11 is 0. The predicted octanol–water partition coefficient (Wildman–Crippen LogP) is -0.825. The Balaban J connectivity index is 1.82. The molecule has 4 fully saturated rings. The summed E-state index contributed by atoms with van der Waals surface area (Å²) in [5.41, 5.74) is 0.564. The number of rotatable bonds is 47. The summed E-state index contributed by atoms with van der Waals surface area (Å²) in [5, 5.41) is 0. The van der Waals surface area contributed by atoms with Crippen LogP contribution in [0.3, 0.4) is 0 Å². The van der Waals surface area contributed by atoms with E-state index < -0.39 is 457 Å². The van der Waals surface area contributed by atoms with Gasteiger partial charge in [0.15, 0.2) is 98.4 Å². The maximum atomic E-state index is 15.9. The monoisotopic (exact) mass is 1860 g/mol. The van der Waals surface area contributed by atoms with Crippen molar-refractivity contribution < 1.29 is 236 Å². The van der Waals surface area contributed by atoms with Crippen molar-refractivity contribution in [3.63, 3.8) is 0 Å². The van der Waals surface area contributed by atoms with Crippen molar-refractivity contribution in [2.45, 2.75) is 266 Å². The Labute approximate surface area is 762 Å². The second kappa shape index (κ2) is 53.9. The van der Waals surface area contributed by atoms with Gasteiger partial charge in [-0.2, -0.15) is 0 Å². The van der Waals surface area contributed by atoms with Crippen molar-refractivity contribution >= 4 is 119 Å². The molecule has 4 aliphatic rings. The van der Waals surface area contributed by atoms with Crippen molar-refractivity contribution in [2.75, 3.05) is 92.1 Å². The van der Waals surface area contributed by atoms with Crippen LogP contribution in [0, 0.1) is 0 Å². The Morgan fingerprint density at radius 1 is 0.271 bits per heavy atom. The van der Waals surface area contributed by atoms with Crippen molar-refractivity contribution in [1.29, 1.82) is 0 Å². The zero-order valence-corrected chi connectivity index (χ0v) is 69.4. The highest BCUT2D eigenvalue weighted by atomic mass is 16.8. The van der Waals surface area contributed by atoms with Crippen molar-refractivity contribution in [2.24, 2.45) is 0 Å². The first-order valence-corrected chi connectivity index (χ1v) is 38.2.